The topological polar surface area (TPSA) is 162 Å². The van der Waals surface area contributed by atoms with Crippen molar-refractivity contribution in [1.29, 1.82) is 0 Å². The van der Waals surface area contributed by atoms with Gasteiger partial charge in [-0.25, -0.2) is 29.4 Å². The lowest BCUT2D eigenvalue weighted by atomic mass is 9.91. The molecule has 36 heavy (non-hydrogen) atoms. The van der Waals surface area contributed by atoms with Crippen LogP contribution in [0.2, 0.25) is 0 Å². The van der Waals surface area contributed by atoms with E-state index in [1.165, 1.54) is 11.2 Å². The normalized spacial score (nSPS) is 16.8. The number of fused-ring (bicyclic) bond motifs is 1. The number of likely N-dealkylation sites (tertiary alicyclic amines) is 1. The number of carbonyl (C=O) groups is 1. The van der Waals surface area contributed by atoms with Crippen LogP contribution in [0, 0.1) is 0 Å². The number of anilines is 1. The fourth-order valence-electron chi connectivity index (χ4n) is 4.91. The lowest BCUT2D eigenvalue weighted by molar-refractivity contribution is 0.132. The van der Waals surface area contributed by atoms with Crippen LogP contribution in [0.4, 0.5) is 10.6 Å². The maximum Gasteiger partial charge on any atom is 0.407 e. The monoisotopic (exact) mass is 489 g/mol. The summed E-state index contributed by atoms with van der Waals surface area (Å²) < 4.78 is 7.66. The first-order valence-electron chi connectivity index (χ1n) is 12.2. The van der Waals surface area contributed by atoms with Gasteiger partial charge in [0, 0.05) is 37.4 Å². The number of nitrogen functional groups attached to an aromatic ring is 1. The van der Waals surface area contributed by atoms with Gasteiger partial charge in [-0.3, -0.25) is 0 Å². The second-order valence-corrected chi connectivity index (χ2v) is 9.77. The van der Waals surface area contributed by atoms with E-state index in [1.807, 2.05) is 30.9 Å². The molecule has 0 spiro atoms. The number of rotatable bonds is 5. The molecule has 1 saturated carbocycles. The average Bonchev–Trinajstić information content (AvgIpc) is 3.50. The zero-order chi connectivity index (χ0) is 25.0. The Bertz CT molecular complexity index is 1430. The minimum Gasteiger partial charge on any atom is -0.465 e. The number of aromatic nitrogens is 7. The highest BCUT2D eigenvalue weighted by molar-refractivity contribution is 6.00. The summed E-state index contributed by atoms with van der Waals surface area (Å²) >= 11 is 0. The van der Waals surface area contributed by atoms with Crippen molar-refractivity contribution in [2.24, 2.45) is 0 Å². The van der Waals surface area contributed by atoms with Gasteiger partial charge in [0.25, 0.3) is 0 Å². The molecule has 3 N–H and O–H groups in total. The van der Waals surface area contributed by atoms with Crippen molar-refractivity contribution < 1.29 is 14.4 Å². The van der Waals surface area contributed by atoms with Gasteiger partial charge in [-0.15, -0.1) is 0 Å². The molecular weight excluding hydrogens is 462 g/mol. The van der Waals surface area contributed by atoms with Gasteiger partial charge >= 0.3 is 6.09 Å². The third kappa shape index (κ3) is 3.73. The standard InChI is InChI=1S/C24H27N9O3/c1-12(2)33-23-17(21(25)28-11-29-23)18(30-33)19-16(20(36-31-19)14-3-4-14)22-26-9-15(10-27-22)13-5-7-32(8-6-13)24(34)35/h9-14H,3-8H2,1-2H3,(H,34,35)(H2,25,28,29). The van der Waals surface area contributed by atoms with E-state index in [1.54, 1.807) is 0 Å². The van der Waals surface area contributed by atoms with E-state index in [4.69, 9.17) is 25.3 Å². The summed E-state index contributed by atoms with van der Waals surface area (Å²) in [6.07, 6.45) is 7.77. The summed E-state index contributed by atoms with van der Waals surface area (Å²) in [7, 11) is 0. The van der Waals surface area contributed by atoms with Crippen molar-refractivity contribution in [3.05, 3.63) is 30.0 Å². The first-order valence-corrected chi connectivity index (χ1v) is 12.2. The fourth-order valence-corrected chi connectivity index (χ4v) is 4.91. The van der Waals surface area contributed by atoms with Crippen LogP contribution in [0.3, 0.4) is 0 Å². The van der Waals surface area contributed by atoms with E-state index < -0.39 is 6.09 Å². The molecule has 0 radical (unpaired) electrons. The summed E-state index contributed by atoms with van der Waals surface area (Å²) in [5, 5.41) is 19.1. The van der Waals surface area contributed by atoms with Crippen LogP contribution < -0.4 is 5.73 Å². The van der Waals surface area contributed by atoms with Crippen LogP contribution in [0.25, 0.3) is 33.8 Å². The van der Waals surface area contributed by atoms with Gasteiger partial charge in [0.05, 0.1) is 10.9 Å². The Kier molecular flexibility index (Phi) is 5.31. The minimum atomic E-state index is -0.869. The molecule has 0 atom stereocenters. The molecule has 1 amide bonds. The van der Waals surface area contributed by atoms with Crippen molar-refractivity contribution in [2.45, 2.75) is 57.4 Å². The number of amides is 1. The summed E-state index contributed by atoms with van der Waals surface area (Å²) in [5.41, 5.74) is 9.72. The van der Waals surface area contributed by atoms with Crippen LogP contribution in [-0.4, -0.2) is 64.1 Å². The molecule has 1 aliphatic heterocycles. The van der Waals surface area contributed by atoms with E-state index in [0.29, 0.717) is 47.2 Å². The predicted octanol–water partition coefficient (Wildman–Crippen LogP) is 3.84. The van der Waals surface area contributed by atoms with Gasteiger partial charge in [-0.2, -0.15) is 5.10 Å². The van der Waals surface area contributed by atoms with E-state index in [0.717, 1.165) is 42.6 Å². The smallest absolute Gasteiger partial charge is 0.407 e. The Morgan fingerprint density at radius 1 is 1.06 bits per heavy atom. The van der Waals surface area contributed by atoms with Crippen molar-refractivity contribution in [3.63, 3.8) is 0 Å². The molecule has 1 aliphatic carbocycles. The maximum atomic E-state index is 11.2. The first-order chi connectivity index (χ1) is 17.4. The molecule has 186 valence electrons. The number of piperidine rings is 1. The molecule has 1 saturated heterocycles. The van der Waals surface area contributed by atoms with Crippen LogP contribution in [0.15, 0.2) is 23.2 Å². The fraction of sp³-hybridized carbons (Fsp3) is 0.458. The molecule has 0 bridgehead atoms. The van der Waals surface area contributed by atoms with E-state index >= 15 is 0 Å². The van der Waals surface area contributed by atoms with E-state index in [-0.39, 0.29) is 17.9 Å². The lowest BCUT2D eigenvalue weighted by Crippen LogP contribution is -2.36. The Morgan fingerprint density at radius 3 is 2.42 bits per heavy atom. The first kappa shape index (κ1) is 22.4. The molecule has 5 heterocycles. The summed E-state index contributed by atoms with van der Waals surface area (Å²) in [5.74, 6) is 2.10. The molecule has 6 rings (SSSR count). The van der Waals surface area contributed by atoms with E-state index in [2.05, 4.69) is 15.1 Å². The lowest BCUT2D eigenvalue weighted by Gasteiger charge is -2.29. The zero-order valence-corrected chi connectivity index (χ0v) is 20.1. The van der Waals surface area contributed by atoms with Crippen LogP contribution in [-0.2, 0) is 0 Å². The molecule has 12 nitrogen and oxygen atoms in total. The van der Waals surface area contributed by atoms with E-state index in [9.17, 15) is 9.90 Å². The van der Waals surface area contributed by atoms with Gasteiger partial charge in [0.1, 0.15) is 23.5 Å². The second kappa shape index (κ2) is 8.54. The molecule has 4 aromatic rings. The Morgan fingerprint density at radius 2 is 1.78 bits per heavy atom. The highest BCUT2D eigenvalue weighted by Gasteiger charge is 2.36. The summed E-state index contributed by atoms with van der Waals surface area (Å²) in [4.78, 5) is 30.7. The Labute approximate surface area is 206 Å². The average molecular weight is 490 g/mol. The maximum absolute atomic E-state index is 11.2. The molecule has 2 aliphatic rings. The second-order valence-electron chi connectivity index (χ2n) is 9.77. The third-order valence-electron chi connectivity index (χ3n) is 7.03. The number of hydrogen-bond acceptors (Lipinski definition) is 9. The van der Waals surface area contributed by atoms with Crippen molar-refractivity contribution in [1.82, 2.24) is 39.8 Å². The van der Waals surface area contributed by atoms with Crippen molar-refractivity contribution >= 4 is 22.9 Å². The van der Waals surface area contributed by atoms with Crippen molar-refractivity contribution in [3.8, 4) is 22.8 Å². The quantitative estimate of drug-likeness (QED) is 0.421. The molecule has 4 aromatic heterocycles. The Balaban J connectivity index is 1.41. The van der Waals surface area contributed by atoms with Gasteiger partial charge < -0.3 is 20.3 Å². The Hall–Kier alpha value is -4.09. The van der Waals surface area contributed by atoms with Crippen molar-refractivity contribution in [2.75, 3.05) is 18.8 Å². The summed E-state index contributed by atoms with van der Waals surface area (Å²) in [6, 6.07) is 0.0527. The van der Waals surface area contributed by atoms with Crippen LogP contribution >= 0.6 is 0 Å². The molecular formula is C24H27N9O3. The number of nitrogens with zero attached hydrogens (tertiary/aromatic N) is 8. The molecule has 0 aromatic carbocycles. The number of nitrogens with two attached hydrogens (primary N) is 1. The minimum absolute atomic E-state index is 0.0527. The molecule has 12 heteroatoms. The van der Waals surface area contributed by atoms with Gasteiger partial charge in [0.2, 0.25) is 0 Å². The zero-order valence-electron chi connectivity index (χ0n) is 20.1. The van der Waals surface area contributed by atoms with Crippen LogP contribution in [0.1, 0.15) is 68.7 Å². The van der Waals surface area contributed by atoms with Crippen LogP contribution in [0.5, 0.6) is 0 Å². The van der Waals surface area contributed by atoms with Gasteiger partial charge in [-0.05, 0) is 51.0 Å². The summed E-state index contributed by atoms with van der Waals surface area (Å²) in [6.45, 7) is 5.07. The van der Waals surface area contributed by atoms with Gasteiger partial charge in [0.15, 0.2) is 17.2 Å². The van der Waals surface area contributed by atoms with Gasteiger partial charge in [-0.1, -0.05) is 5.16 Å². The SMILES string of the molecule is CC(C)n1nc(-c2noc(C3CC3)c2-c2ncc(C3CCN(C(=O)O)CC3)cn2)c2c(N)ncnc21. The highest BCUT2D eigenvalue weighted by Crippen LogP contribution is 2.48. The molecule has 2 fully saturated rings. The largest absolute Gasteiger partial charge is 0.465 e. The highest BCUT2D eigenvalue weighted by atomic mass is 16.5. The third-order valence-corrected chi connectivity index (χ3v) is 7.03. The number of carboxylic acid groups (broad SMARTS) is 1. The number of hydrogen-bond donors (Lipinski definition) is 2. The predicted molar refractivity (Wildman–Crippen MR) is 130 cm³/mol. The molecule has 0 unspecified atom stereocenters.